The van der Waals surface area contributed by atoms with Gasteiger partial charge in [-0.3, -0.25) is 0 Å². The Bertz CT molecular complexity index is 1200. The van der Waals surface area contributed by atoms with Crippen molar-refractivity contribution in [2.75, 3.05) is 16.8 Å². The van der Waals surface area contributed by atoms with Gasteiger partial charge >= 0.3 is 12.1 Å². The predicted molar refractivity (Wildman–Crippen MR) is 138 cm³/mol. The van der Waals surface area contributed by atoms with Gasteiger partial charge in [-0.15, -0.1) is 11.3 Å². The van der Waals surface area contributed by atoms with Crippen LogP contribution in [0.1, 0.15) is 62.0 Å². The van der Waals surface area contributed by atoms with Gasteiger partial charge in [-0.25, -0.2) is 9.78 Å². The standard InChI is InChI=1S/C27H30F3N3O2S/c1-17(2)15-33(19-8-4-3-5-9-19)23-13-12-18(20-10-6-7-11-21(20)25(34)35)14-22(23)31-26-32-24(16-36-26)27(28,29)30/h6-7,10-14,16-17,19H,3-5,8-9,15H2,1-2H3,(H,31,32)(H,34,35). The smallest absolute Gasteiger partial charge is 0.434 e. The van der Waals surface area contributed by atoms with Gasteiger partial charge in [0.05, 0.1) is 16.9 Å². The van der Waals surface area contributed by atoms with E-state index < -0.39 is 17.8 Å². The predicted octanol–water partition coefficient (Wildman–Crippen LogP) is 8.07. The molecule has 0 unspecified atom stereocenters. The second-order valence-corrected chi connectivity index (χ2v) is 10.4. The van der Waals surface area contributed by atoms with Crippen molar-refractivity contribution in [2.24, 2.45) is 5.92 Å². The maximum absolute atomic E-state index is 13.2. The van der Waals surface area contributed by atoms with Gasteiger partial charge < -0.3 is 15.3 Å². The van der Waals surface area contributed by atoms with Crippen LogP contribution in [-0.2, 0) is 6.18 Å². The lowest BCUT2D eigenvalue weighted by atomic mass is 9.92. The van der Waals surface area contributed by atoms with E-state index in [1.165, 1.54) is 6.42 Å². The van der Waals surface area contributed by atoms with Gasteiger partial charge in [-0.2, -0.15) is 13.2 Å². The molecule has 2 aromatic carbocycles. The summed E-state index contributed by atoms with van der Waals surface area (Å²) in [4.78, 5) is 18.0. The fourth-order valence-corrected chi connectivity index (χ4v) is 5.51. The Morgan fingerprint density at radius 2 is 1.89 bits per heavy atom. The average molecular weight is 518 g/mol. The van der Waals surface area contributed by atoms with Crippen molar-refractivity contribution in [1.82, 2.24) is 4.98 Å². The summed E-state index contributed by atoms with van der Waals surface area (Å²) in [6.45, 7) is 5.10. The molecule has 1 saturated carbocycles. The third-order valence-corrected chi connectivity index (χ3v) is 7.15. The van der Waals surface area contributed by atoms with E-state index in [4.69, 9.17) is 0 Å². The average Bonchev–Trinajstić information content (AvgIpc) is 3.32. The Morgan fingerprint density at radius 1 is 1.17 bits per heavy atom. The number of benzene rings is 2. The molecule has 0 atom stereocenters. The van der Waals surface area contributed by atoms with E-state index in [0.717, 1.165) is 54.6 Å². The second kappa shape index (κ2) is 10.9. The van der Waals surface area contributed by atoms with E-state index in [-0.39, 0.29) is 10.7 Å². The Morgan fingerprint density at radius 3 is 2.53 bits per heavy atom. The Kier molecular flexibility index (Phi) is 7.88. The summed E-state index contributed by atoms with van der Waals surface area (Å²) in [6.07, 6.45) is 1.10. The summed E-state index contributed by atoms with van der Waals surface area (Å²) in [5, 5.41) is 14.0. The van der Waals surface area contributed by atoms with Gasteiger partial charge in [0.2, 0.25) is 0 Å². The molecule has 0 saturated heterocycles. The molecule has 1 aliphatic rings. The van der Waals surface area contributed by atoms with Crippen molar-refractivity contribution >= 4 is 33.8 Å². The quantitative estimate of drug-likeness (QED) is 0.316. The molecule has 1 fully saturated rings. The normalized spacial score (nSPS) is 14.7. The zero-order chi connectivity index (χ0) is 25.9. The summed E-state index contributed by atoms with van der Waals surface area (Å²) in [5.74, 6) is -0.661. The number of anilines is 3. The number of nitrogens with one attached hydrogen (secondary N) is 1. The largest absolute Gasteiger partial charge is 0.478 e. The Labute approximate surface area is 213 Å². The van der Waals surface area contributed by atoms with E-state index in [0.29, 0.717) is 28.8 Å². The number of carboxylic acids is 1. The highest BCUT2D eigenvalue weighted by Gasteiger charge is 2.34. The fourth-order valence-electron chi connectivity index (χ4n) is 4.78. The van der Waals surface area contributed by atoms with E-state index >= 15 is 0 Å². The third kappa shape index (κ3) is 6.00. The summed E-state index contributed by atoms with van der Waals surface area (Å²) in [7, 11) is 0. The number of alkyl halides is 3. The SMILES string of the molecule is CC(C)CN(c1ccc(-c2ccccc2C(=O)O)cc1Nc1nc(C(F)(F)F)cs1)C1CCCCC1. The van der Waals surface area contributed by atoms with Crippen molar-refractivity contribution < 1.29 is 23.1 Å². The first-order valence-corrected chi connectivity index (χ1v) is 13.0. The molecule has 9 heteroatoms. The zero-order valence-electron chi connectivity index (χ0n) is 20.3. The van der Waals surface area contributed by atoms with Crippen LogP contribution in [0.4, 0.5) is 29.7 Å². The topological polar surface area (TPSA) is 65.5 Å². The highest BCUT2D eigenvalue weighted by atomic mass is 32.1. The molecule has 0 spiro atoms. The lowest BCUT2D eigenvalue weighted by molar-refractivity contribution is -0.140. The minimum Gasteiger partial charge on any atom is -0.478 e. The number of aromatic nitrogens is 1. The fraction of sp³-hybridized carbons (Fsp3) is 0.407. The molecule has 4 rings (SSSR count). The van der Waals surface area contributed by atoms with Crippen LogP contribution < -0.4 is 10.2 Å². The number of rotatable bonds is 8. The molecule has 1 aromatic heterocycles. The van der Waals surface area contributed by atoms with Gasteiger partial charge in [0.1, 0.15) is 0 Å². The minimum absolute atomic E-state index is 0.139. The molecule has 1 aliphatic carbocycles. The molecule has 0 radical (unpaired) electrons. The number of thiazole rings is 1. The van der Waals surface area contributed by atoms with Crippen LogP contribution in [0.2, 0.25) is 0 Å². The van der Waals surface area contributed by atoms with E-state index in [1.54, 1.807) is 24.3 Å². The number of hydrogen-bond donors (Lipinski definition) is 2. The van der Waals surface area contributed by atoms with Crippen LogP contribution in [0.15, 0.2) is 47.8 Å². The third-order valence-electron chi connectivity index (χ3n) is 6.39. The molecule has 2 N–H and O–H groups in total. The molecule has 192 valence electrons. The molecular weight excluding hydrogens is 487 g/mol. The second-order valence-electron chi connectivity index (χ2n) is 9.58. The van der Waals surface area contributed by atoms with E-state index in [2.05, 4.69) is 29.0 Å². The molecule has 36 heavy (non-hydrogen) atoms. The Hall–Kier alpha value is -3.07. The van der Waals surface area contributed by atoms with Crippen molar-refractivity contribution in [3.63, 3.8) is 0 Å². The minimum atomic E-state index is -4.52. The first-order valence-electron chi connectivity index (χ1n) is 12.2. The lowest BCUT2D eigenvalue weighted by Gasteiger charge is -2.38. The summed E-state index contributed by atoms with van der Waals surface area (Å²) in [5.41, 5.74) is 1.94. The molecule has 0 aliphatic heterocycles. The van der Waals surface area contributed by atoms with Crippen molar-refractivity contribution in [2.45, 2.75) is 58.2 Å². The van der Waals surface area contributed by atoms with Crippen LogP contribution in [-0.4, -0.2) is 28.6 Å². The summed E-state index contributed by atoms with van der Waals surface area (Å²) >= 11 is 0.896. The van der Waals surface area contributed by atoms with Crippen molar-refractivity contribution in [3.8, 4) is 11.1 Å². The van der Waals surface area contributed by atoms with Crippen LogP contribution in [0.5, 0.6) is 0 Å². The molecule has 1 heterocycles. The summed E-state index contributed by atoms with van der Waals surface area (Å²) in [6, 6.07) is 12.7. The van der Waals surface area contributed by atoms with Gasteiger partial charge in [-0.05, 0) is 48.1 Å². The van der Waals surface area contributed by atoms with Crippen LogP contribution in [0.25, 0.3) is 11.1 Å². The number of halogens is 3. The number of nitrogens with zero attached hydrogens (tertiary/aromatic N) is 2. The molecular formula is C27H30F3N3O2S. The van der Waals surface area contributed by atoms with E-state index in [1.807, 2.05) is 18.2 Å². The monoisotopic (exact) mass is 517 g/mol. The highest BCUT2D eigenvalue weighted by Crippen LogP contribution is 2.40. The van der Waals surface area contributed by atoms with Crippen molar-refractivity contribution in [1.29, 1.82) is 0 Å². The highest BCUT2D eigenvalue weighted by molar-refractivity contribution is 7.13. The van der Waals surface area contributed by atoms with Crippen molar-refractivity contribution in [3.05, 3.63) is 59.1 Å². The number of aromatic carboxylic acids is 1. The summed E-state index contributed by atoms with van der Waals surface area (Å²) < 4.78 is 39.6. The first kappa shape index (κ1) is 26.0. The molecule has 0 amide bonds. The van der Waals surface area contributed by atoms with E-state index in [9.17, 15) is 23.1 Å². The molecule has 0 bridgehead atoms. The van der Waals surface area contributed by atoms with Crippen LogP contribution in [0.3, 0.4) is 0 Å². The maximum atomic E-state index is 13.2. The van der Waals surface area contributed by atoms with Gasteiger partial charge in [0.25, 0.3) is 0 Å². The molecule has 3 aromatic rings. The van der Waals surface area contributed by atoms with Crippen LogP contribution >= 0.6 is 11.3 Å². The van der Waals surface area contributed by atoms with Gasteiger partial charge in [-0.1, -0.05) is 57.4 Å². The van der Waals surface area contributed by atoms with Crippen LogP contribution in [0, 0.1) is 5.92 Å². The van der Waals surface area contributed by atoms with Gasteiger partial charge in [0.15, 0.2) is 10.8 Å². The maximum Gasteiger partial charge on any atom is 0.434 e. The zero-order valence-corrected chi connectivity index (χ0v) is 21.1. The first-order chi connectivity index (χ1) is 17.1. The Balaban J connectivity index is 1.81. The lowest BCUT2D eigenvalue weighted by Crippen LogP contribution is -2.39. The number of carboxylic acid groups (broad SMARTS) is 1. The number of hydrogen-bond acceptors (Lipinski definition) is 5. The molecule has 5 nitrogen and oxygen atoms in total. The number of carbonyl (C=O) groups is 1. The van der Waals surface area contributed by atoms with Gasteiger partial charge in [0, 0.05) is 18.0 Å².